The molecule has 0 bridgehead atoms. The van der Waals surface area contributed by atoms with Crippen molar-refractivity contribution < 1.29 is 13.7 Å². The highest BCUT2D eigenvalue weighted by Gasteiger charge is 2.42. The highest BCUT2D eigenvalue weighted by atomic mass is 19.1. The van der Waals surface area contributed by atoms with Gasteiger partial charge in [-0.1, -0.05) is 17.3 Å². The lowest BCUT2D eigenvalue weighted by Gasteiger charge is -2.35. The summed E-state index contributed by atoms with van der Waals surface area (Å²) in [7, 11) is 0. The Morgan fingerprint density at radius 1 is 1.30 bits per heavy atom. The summed E-state index contributed by atoms with van der Waals surface area (Å²) in [6.45, 7) is 4.35. The largest absolute Gasteiger partial charge is 0.339 e. The smallest absolute Gasteiger partial charge is 0.237 e. The third-order valence-electron chi connectivity index (χ3n) is 6.71. The molecule has 1 aromatic carbocycles. The first kappa shape index (κ1) is 19.7. The van der Waals surface area contributed by atoms with E-state index in [9.17, 15) is 9.18 Å². The summed E-state index contributed by atoms with van der Waals surface area (Å²) in [6.07, 6.45) is 6.77. The molecule has 30 heavy (non-hydrogen) atoms. The maximum absolute atomic E-state index is 13.5. The van der Waals surface area contributed by atoms with Gasteiger partial charge in [-0.3, -0.25) is 9.69 Å². The van der Waals surface area contributed by atoms with Gasteiger partial charge in [-0.15, -0.1) is 0 Å². The average Bonchev–Trinajstić information content (AvgIpc) is 3.67. The molecule has 2 aliphatic carbocycles. The number of benzene rings is 1. The second-order valence-corrected chi connectivity index (χ2v) is 9.15. The van der Waals surface area contributed by atoms with E-state index in [0.29, 0.717) is 41.8 Å². The summed E-state index contributed by atoms with van der Waals surface area (Å²) in [6, 6.07) is 7.05. The van der Waals surface area contributed by atoms with Gasteiger partial charge in [-0.2, -0.15) is 4.98 Å². The highest BCUT2D eigenvalue weighted by Crippen LogP contribution is 2.40. The van der Waals surface area contributed by atoms with Gasteiger partial charge in [0, 0.05) is 24.2 Å². The Balaban J connectivity index is 1.23. The lowest BCUT2D eigenvalue weighted by molar-refractivity contribution is -0.135. The van der Waals surface area contributed by atoms with E-state index in [2.05, 4.69) is 26.9 Å². The standard InChI is InChI=1S/C23H29FN4O2/c1-15(16-7-8-16)28(20-9-10-20)21(29)14-27-11-3-5-18(13-27)23-25-22(26-30-23)17-4-2-6-19(24)12-17/h2,4,6,12,15-16,18,20H,3,5,7-11,13-14H2,1H3. The van der Waals surface area contributed by atoms with Crippen LogP contribution in [0.3, 0.4) is 0 Å². The van der Waals surface area contributed by atoms with E-state index in [1.54, 1.807) is 12.1 Å². The normalized spacial score (nSPS) is 23.3. The average molecular weight is 413 g/mol. The summed E-state index contributed by atoms with van der Waals surface area (Å²) in [5.74, 6) is 1.75. The van der Waals surface area contributed by atoms with Crippen molar-refractivity contribution in [2.24, 2.45) is 5.92 Å². The molecule has 0 spiro atoms. The molecule has 0 radical (unpaired) electrons. The van der Waals surface area contributed by atoms with Crippen LogP contribution < -0.4 is 0 Å². The van der Waals surface area contributed by atoms with Gasteiger partial charge in [0.1, 0.15) is 5.82 Å². The van der Waals surface area contributed by atoms with E-state index in [1.165, 1.54) is 25.0 Å². The predicted molar refractivity (Wildman–Crippen MR) is 110 cm³/mol. The number of hydrogen-bond acceptors (Lipinski definition) is 5. The first-order chi connectivity index (χ1) is 14.6. The minimum Gasteiger partial charge on any atom is -0.339 e. The molecule has 3 fully saturated rings. The van der Waals surface area contributed by atoms with Gasteiger partial charge < -0.3 is 9.42 Å². The third kappa shape index (κ3) is 4.26. The van der Waals surface area contributed by atoms with Gasteiger partial charge >= 0.3 is 0 Å². The number of carbonyl (C=O) groups excluding carboxylic acids is 1. The molecule has 1 saturated heterocycles. The molecule has 160 valence electrons. The van der Waals surface area contributed by atoms with Gasteiger partial charge in [0.2, 0.25) is 17.6 Å². The van der Waals surface area contributed by atoms with Crippen LogP contribution in [-0.2, 0) is 4.79 Å². The van der Waals surface area contributed by atoms with E-state index in [4.69, 9.17) is 4.52 Å². The molecule has 2 atom stereocenters. The second kappa shape index (κ2) is 8.10. The lowest BCUT2D eigenvalue weighted by atomic mass is 9.98. The Bertz CT molecular complexity index is 908. The van der Waals surface area contributed by atoms with Crippen LogP contribution in [0, 0.1) is 11.7 Å². The number of carbonyl (C=O) groups is 1. The molecule has 3 aliphatic rings. The molecule has 2 saturated carbocycles. The molecule has 1 aromatic heterocycles. The molecule has 1 aliphatic heterocycles. The summed E-state index contributed by atoms with van der Waals surface area (Å²) in [5, 5.41) is 4.05. The van der Waals surface area contributed by atoms with Crippen molar-refractivity contribution in [3.63, 3.8) is 0 Å². The first-order valence-corrected chi connectivity index (χ1v) is 11.2. The van der Waals surface area contributed by atoms with E-state index in [0.717, 1.165) is 38.8 Å². The van der Waals surface area contributed by atoms with E-state index < -0.39 is 0 Å². The van der Waals surface area contributed by atoms with Crippen molar-refractivity contribution in [3.05, 3.63) is 36.0 Å². The number of hydrogen-bond donors (Lipinski definition) is 0. The minimum absolute atomic E-state index is 0.108. The van der Waals surface area contributed by atoms with Crippen LogP contribution >= 0.6 is 0 Å². The van der Waals surface area contributed by atoms with Crippen LogP contribution in [0.1, 0.15) is 57.3 Å². The molecule has 2 aromatic rings. The van der Waals surface area contributed by atoms with Crippen molar-refractivity contribution >= 4 is 5.91 Å². The monoisotopic (exact) mass is 412 g/mol. The highest BCUT2D eigenvalue weighted by molar-refractivity contribution is 5.79. The summed E-state index contributed by atoms with van der Waals surface area (Å²) >= 11 is 0. The summed E-state index contributed by atoms with van der Waals surface area (Å²) in [5.41, 5.74) is 0.613. The molecular formula is C23H29FN4O2. The van der Waals surface area contributed by atoms with Crippen molar-refractivity contribution in [1.82, 2.24) is 19.9 Å². The maximum atomic E-state index is 13.5. The van der Waals surface area contributed by atoms with Gasteiger partial charge in [-0.05, 0) is 70.0 Å². The van der Waals surface area contributed by atoms with Crippen LogP contribution in [-0.4, -0.2) is 57.6 Å². The number of piperidine rings is 1. The Morgan fingerprint density at radius 3 is 2.87 bits per heavy atom. The van der Waals surface area contributed by atoms with E-state index in [-0.39, 0.29) is 17.6 Å². The van der Waals surface area contributed by atoms with E-state index in [1.807, 2.05) is 0 Å². The minimum atomic E-state index is -0.318. The number of aromatic nitrogens is 2. The van der Waals surface area contributed by atoms with Gasteiger partial charge in [0.05, 0.1) is 12.5 Å². The molecule has 2 unspecified atom stereocenters. The number of nitrogens with zero attached hydrogens (tertiary/aromatic N) is 4. The zero-order valence-corrected chi connectivity index (χ0v) is 17.5. The number of amides is 1. The molecule has 0 N–H and O–H groups in total. The number of likely N-dealkylation sites (tertiary alicyclic amines) is 1. The zero-order chi connectivity index (χ0) is 20.7. The van der Waals surface area contributed by atoms with Gasteiger partial charge in [0.15, 0.2) is 0 Å². The van der Waals surface area contributed by atoms with Gasteiger partial charge in [-0.25, -0.2) is 4.39 Å². The topological polar surface area (TPSA) is 62.5 Å². The summed E-state index contributed by atoms with van der Waals surface area (Å²) in [4.78, 5) is 22.1. The van der Waals surface area contributed by atoms with E-state index >= 15 is 0 Å². The molecule has 1 amide bonds. The molecule has 6 nitrogen and oxygen atoms in total. The third-order valence-corrected chi connectivity index (χ3v) is 6.71. The Labute approximate surface area is 176 Å². The van der Waals surface area contributed by atoms with Crippen LogP contribution in [0.15, 0.2) is 28.8 Å². The fourth-order valence-electron chi connectivity index (χ4n) is 4.74. The molecular weight excluding hydrogens is 383 g/mol. The maximum Gasteiger partial charge on any atom is 0.237 e. The van der Waals surface area contributed by atoms with Crippen LogP contribution in [0.4, 0.5) is 4.39 Å². The fraction of sp³-hybridized carbons (Fsp3) is 0.609. The van der Waals surface area contributed by atoms with Crippen LogP contribution in [0.5, 0.6) is 0 Å². The SMILES string of the molecule is CC(C1CC1)N(C(=O)CN1CCCC(c2nc(-c3cccc(F)c3)no2)C1)C1CC1. The Morgan fingerprint density at radius 2 is 2.13 bits per heavy atom. The first-order valence-electron chi connectivity index (χ1n) is 11.2. The number of rotatable bonds is 7. The zero-order valence-electron chi connectivity index (χ0n) is 17.5. The molecule has 2 heterocycles. The van der Waals surface area contributed by atoms with Crippen molar-refractivity contribution in [2.45, 2.75) is 63.5 Å². The molecule has 7 heteroatoms. The van der Waals surface area contributed by atoms with Crippen molar-refractivity contribution in [1.29, 1.82) is 0 Å². The predicted octanol–water partition coefficient (Wildman–Crippen LogP) is 3.84. The number of halogens is 1. The van der Waals surface area contributed by atoms with Crippen molar-refractivity contribution in [3.8, 4) is 11.4 Å². The quantitative estimate of drug-likeness (QED) is 0.691. The Hall–Kier alpha value is -2.28. The van der Waals surface area contributed by atoms with Crippen LogP contribution in [0.25, 0.3) is 11.4 Å². The fourth-order valence-corrected chi connectivity index (χ4v) is 4.74. The van der Waals surface area contributed by atoms with Crippen LogP contribution in [0.2, 0.25) is 0 Å². The van der Waals surface area contributed by atoms with Gasteiger partial charge in [0.25, 0.3) is 0 Å². The Kier molecular flexibility index (Phi) is 5.31. The second-order valence-electron chi connectivity index (χ2n) is 9.15. The lowest BCUT2D eigenvalue weighted by Crippen LogP contribution is -2.48. The summed E-state index contributed by atoms with van der Waals surface area (Å²) < 4.78 is 19.0. The molecule has 5 rings (SSSR count). The van der Waals surface area contributed by atoms with Crippen molar-refractivity contribution in [2.75, 3.05) is 19.6 Å².